The molecule has 0 unspecified atom stereocenters. The lowest BCUT2D eigenvalue weighted by Crippen LogP contribution is -2.30. The Hall–Kier alpha value is -4.12. The fourth-order valence-electron chi connectivity index (χ4n) is 2.55. The van der Waals surface area contributed by atoms with E-state index in [0.29, 0.717) is 27.8 Å². The molecule has 0 aliphatic heterocycles. The molecule has 0 aliphatic rings. The van der Waals surface area contributed by atoms with Crippen LogP contribution in [0, 0.1) is 10.1 Å². The highest BCUT2D eigenvalue weighted by Gasteiger charge is 2.24. The maximum atomic E-state index is 12.3. The molecule has 160 valence electrons. The van der Waals surface area contributed by atoms with Crippen LogP contribution in [0.2, 0.25) is 5.02 Å². The molecule has 3 rings (SSSR count). The summed E-state index contributed by atoms with van der Waals surface area (Å²) < 4.78 is 10.4. The van der Waals surface area contributed by atoms with Crippen molar-refractivity contribution in [3.05, 3.63) is 69.5 Å². The maximum Gasteiger partial charge on any atom is 0.355 e. The number of nitrogens with one attached hydrogen (secondary N) is 3. The number of ether oxygens (including phenoxy) is 2. The van der Waals surface area contributed by atoms with E-state index in [9.17, 15) is 14.9 Å². The van der Waals surface area contributed by atoms with Crippen molar-refractivity contribution in [1.82, 2.24) is 15.4 Å². The minimum atomic E-state index is -0.672. The van der Waals surface area contributed by atoms with Gasteiger partial charge in [-0.05, 0) is 36.4 Å². The number of benzene rings is 2. The molecule has 0 aliphatic carbocycles. The molecule has 0 atom stereocenters. The van der Waals surface area contributed by atoms with Crippen molar-refractivity contribution in [2.45, 2.75) is 0 Å². The van der Waals surface area contributed by atoms with Crippen LogP contribution >= 0.6 is 11.6 Å². The molecule has 2 aromatic carbocycles. The van der Waals surface area contributed by atoms with Crippen LogP contribution in [0.1, 0.15) is 10.4 Å². The molecule has 0 saturated heterocycles. The van der Waals surface area contributed by atoms with Crippen LogP contribution in [0.25, 0.3) is 0 Å². The van der Waals surface area contributed by atoms with Crippen molar-refractivity contribution in [2.75, 3.05) is 25.0 Å². The van der Waals surface area contributed by atoms with Gasteiger partial charge in [0.25, 0.3) is 5.91 Å². The van der Waals surface area contributed by atoms with Gasteiger partial charge >= 0.3 is 5.69 Å². The van der Waals surface area contributed by atoms with Crippen molar-refractivity contribution < 1.29 is 19.2 Å². The molecule has 12 heteroatoms. The zero-order chi connectivity index (χ0) is 22.4. The summed E-state index contributed by atoms with van der Waals surface area (Å²) in [7, 11) is 2.96. The average Bonchev–Trinajstić information content (AvgIpc) is 2.78. The number of nitrogens with zero attached hydrogens (tertiary/aromatic N) is 3. The zero-order valence-corrected chi connectivity index (χ0v) is 17.1. The number of anilines is 3. The van der Waals surface area contributed by atoms with Crippen molar-refractivity contribution >= 4 is 40.5 Å². The Morgan fingerprint density at radius 1 is 1.06 bits per heavy atom. The van der Waals surface area contributed by atoms with Crippen LogP contribution in [0.4, 0.5) is 23.0 Å². The summed E-state index contributed by atoms with van der Waals surface area (Å²) >= 11 is 5.81. The second-order valence-electron chi connectivity index (χ2n) is 5.95. The van der Waals surface area contributed by atoms with Gasteiger partial charge in [-0.15, -0.1) is 0 Å². The van der Waals surface area contributed by atoms with E-state index in [2.05, 4.69) is 26.1 Å². The lowest BCUT2D eigenvalue weighted by atomic mass is 10.2. The third-order valence-electron chi connectivity index (χ3n) is 4.07. The Morgan fingerprint density at radius 2 is 1.77 bits per heavy atom. The van der Waals surface area contributed by atoms with E-state index in [-0.39, 0.29) is 11.6 Å². The van der Waals surface area contributed by atoms with Crippen molar-refractivity contribution in [3.63, 3.8) is 0 Å². The van der Waals surface area contributed by atoms with Crippen molar-refractivity contribution in [3.8, 4) is 11.5 Å². The smallest absolute Gasteiger partial charge is 0.355 e. The van der Waals surface area contributed by atoms with E-state index in [1.54, 1.807) is 30.3 Å². The molecule has 3 aromatic rings. The summed E-state index contributed by atoms with van der Waals surface area (Å²) in [5.74, 6) is 0.0876. The Labute approximate surface area is 181 Å². The Morgan fingerprint density at radius 3 is 2.42 bits per heavy atom. The van der Waals surface area contributed by atoms with Gasteiger partial charge in [0, 0.05) is 16.7 Å². The Balaban J connectivity index is 1.85. The fourth-order valence-corrected chi connectivity index (χ4v) is 2.68. The van der Waals surface area contributed by atoms with Crippen LogP contribution in [0.5, 0.6) is 11.5 Å². The molecule has 1 aromatic heterocycles. The predicted octanol–water partition coefficient (Wildman–Crippen LogP) is 3.56. The number of carbonyl (C=O) groups is 1. The van der Waals surface area contributed by atoms with Crippen LogP contribution in [0.15, 0.2) is 48.8 Å². The molecule has 31 heavy (non-hydrogen) atoms. The molecule has 3 N–H and O–H groups in total. The topological polar surface area (TPSA) is 141 Å². The SMILES string of the molecule is COc1ccc(Nc2ncnc(NNC(=O)c3ccc(Cl)cc3)c2[N+](=O)[O-])c(OC)c1. The van der Waals surface area contributed by atoms with E-state index < -0.39 is 16.5 Å². The number of carbonyl (C=O) groups excluding carboxylic acids is 1. The molecule has 1 heterocycles. The number of methoxy groups -OCH3 is 2. The molecule has 1 amide bonds. The second-order valence-corrected chi connectivity index (χ2v) is 6.39. The van der Waals surface area contributed by atoms with Crippen LogP contribution in [-0.2, 0) is 0 Å². The van der Waals surface area contributed by atoms with Gasteiger partial charge in [0.2, 0.25) is 11.6 Å². The summed E-state index contributed by atoms with van der Waals surface area (Å²) in [5, 5.41) is 15.0. The number of amides is 1. The number of aromatic nitrogens is 2. The lowest BCUT2D eigenvalue weighted by molar-refractivity contribution is -0.383. The molecular weight excluding hydrogens is 428 g/mol. The number of halogens is 1. The first-order valence-corrected chi connectivity index (χ1v) is 9.11. The average molecular weight is 445 g/mol. The highest BCUT2D eigenvalue weighted by molar-refractivity contribution is 6.30. The lowest BCUT2D eigenvalue weighted by Gasteiger charge is -2.13. The van der Waals surface area contributed by atoms with Crippen molar-refractivity contribution in [2.24, 2.45) is 0 Å². The van der Waals surface area contributed by atoms with Crippen LogP contribution < -0.4 is 25.6 Å². The van der Waals surface area contributed by atoms with E-state index in [1.807, 2.05) is 0 Å². The van der Waals surface area contributed by atoms with E-state index in [1.165, 1.54) is 26.4 Å². The molecule has 0 spiro atoms. The van der Waals surface area contributed by atoms with Gasteiger partial charge in [-0.25, -0.2) is 9.97 Å². The standard InChI is InChI=1S/C19H17ClN6O5/c1-30-13-7-8-14(15(9-13)31-2)23-17-16(26(28)29)18(22-10-21-17)24-25-19(27)11-3-5-12(20)6-4-11/h3-10H,1-2H3,(H,25,27)(H2,21,22,23,24). The van der Waals surface area contributed by atoms with E-state index in [0.717, 1.165) is 6.33 Å². The Kier molecular flexibility index (Phi) is 6.67. The molecule has 0 fully saturated rings. The quantitative estimate of drug-likeness (QED) is 0.351. The largest absolute Gasteiger partial charge is 0.497 e. The predicted molar refractivity (Wildman–Crippen MR) is 114 cm³/mol. The number of hydrazine groups is 1. The number of hydrogen-bond acceptors (Lipinski definition) is 9. The normalized spacial score (nSPS) is 10.2. The number of hydrogen-bond donors (Lipinski definition) is 3. The summed E-state index contributed by atoms with van der Waals surface area (Å²) in [4.78, 5) is 31.1. The minimum absolute atomic E-state index is 0.105. The molecule has 0 bridgehead atoms. The first-order chi connectivity index (χ1) is 14.9. The number of rotatable bonds is 8. The first-order valence-electron chi connectivity index (χ1n) is 8.73. The Bertz CT molecular complexity index is 1110. The highest BCUT2D eigenvalue weighted by atomic mass is 35.5. The van der Waals surface area contributed by atoms with E-state index in [4.69, 9.17) is 21.1 Å². The highest BCUT2D eigenvalue weighted by Crippen LogP contribution is 2.35. The van der Waals surface area contributed by atoms with Gasteiger partial charge in [-0.3, -0.25) is 25.8 Å². The third kappa shape index (κ3) is 5.08. The molecule has 0 saturated carbocycles. The van der Waals surface area contributed by atoms with E-state index >= 15 is 0 Å². The summed E-state index contributed by atoms with van der Waals surface area (Å²) in [6.45, 7) is 0. The third-order valence-corrected chi connectivity index (χ3v) is 4.32. The van der Waals surface area contributed by atoms with Gasteiger partial charge in [0.05, 0.1) is 24.8 Å². The van der Waals surface area contributed by atoms with Crippen LogP contribution in [-0.4, -0.2) is 35.0 Å². The van der Waals surface area contributed by atoms with Crippen LogP contribution in [0.3, 0.4) is 0 Å². The second kappa shape index (κ2) is 9.59. The zero-order valence-electron chi connectivity index (χ0n) is 16.4. The fraction of sp³-hybridized carbons (Fsp3) is 0.105. The molecular formula is C19H17ClN6O5. The molecule has 0 radical (unpaired) electrons. The van der Waals surface area contributed by atoms with Gasteiger partial charge in [-0.1, -0.05) is 11.6 Å². The van der Waals surface area contributed by atoms with Gasteiger partial charge in [0.1, 0.15) is 17.8 Å². The van der Waals surface area contributed by atoms with Gasteiger partial charge in [0.15, 0.2) is 0 Å². The monoisotopic (exact) mass is 444 g/mol. The first kappa shape index (κ1) is 21.6. The van der Waals surface area contributed by atoms with Gasteiger partial charge in [-0.2, -0.15) is 0 Å². The molecule has 11 nitrogen and oxygen atoms in total. The van der Waals surface area contributed by atoms with Crippen molar-refractivity contribution in [1.29, 1.82) is 0 Å². The van der Waals surface area contributed by atoms with Gasteiger partial charge < -0.3 is 14.8 Å². The summed E-state index contributed by atoms with van der Waals surface area (Å²) in [6.07, 6.45) is 1.11. The summed E-state index contributed by atoms with van der Waals surface area (Å²) in [6, 6.07) is 11.0. The maximum absolute atomic E-state index is 12.3. The minimum Gasteiger partial charge on any atom is -0.497 e. The number of nitro groups is 1. The summed E-state index contributed by atoms with van der Waals surface area (Å²) in [5.41, 5.74) is 5.07.